The topological polar surface area (TPSA) is 215 Å². The Labute approximate surface area is 742 Å². The van der Waals surface area contributed by atoms with E-state index in [1.165, 1.54) is 65.3 Å². The van der Waals surface area contributed by atoms with Crippen LogP contribution in [0, 0.1) is 27.7 Å². The Morgan fingerprint density at radius 2 is 0.504 bits per heavy atom. The lowest BCUT2D eigenvalue weighted by molar-refractivity contribution is 0.882. The molecule has 0 aliphatic rings. The molecule has 0 N–H and O–H groups in total. The summed E-state index contributed by atoms with van der Waals surface area (Å²) in [6, 6.07) is 93.5. The number of rotatable bonds is 15. The summed E-state index contributed by atoms with van der Waals surface area (Å²) in [5.41, 5.74) is 25.4. The number of aryl methyl sites for hydroxylation is 14. The van der Waals surface area contributed by atoms with Gasteiger partial charge in [0.1, 0.15) is 28.2 Å². The fraction of sp³-hybridized carbons (Fsp3) is 0.128. The smallest absolute Gasteiger partial charge is 0.159 e. The van der Waals surface area contributed by atoms with E-state index >= 15 is 0 Å². The third-order valence-corrected chi connectivity index (χ3v) is 24.1. The number of hydrogen-bond acceptors (Lipinski definition) is 15. The molecule has 20 aromatic heterocycles. The minimum absolute atomic E-state index is 0.806. The minimum Gasteiger partial charge on any atom is -0.306 e. The predicted octanol–water partition coefficient (Wildman–Crippen LogP) is 22.3. The molecule has 20 heterocycles. The summed E-state index contributed by atoms with van der Waals surface area (Å²) in [4.78, 5) is 70.0. The molecular weight excluding hydrogens is 1590 g/mol. The molecule has 25 aromatic rings. The lowest BCUT2D eigenvalue weighted by Gasteiger charge is -2.03. The zero-order chi connectivity index (χ0) is 86.7. The zero-order valence-electron chi connectivity index (χ0n) is 71.8. The Morgan fingerprint density at radius 1 is 0.202 bits per heavy atom. The van der Waals surface area contributed by atoms with Crippen molar-refractivity contribution in [3.63, 3.8) is 0 Å². The summed E-state index contributed by atoms with van der Waals surface area (Å²) in [7, 11) is 0. The molecule has 0 saturated heterocycles. The van der Waals surface area contributed by atoms with E-state index in [4.69, 9.17) is 39.9 Å². The van der Waals surface area contributed by atoms with Gasteiger partial charge >= 0.3 is 0 Å². The molecule has 129 heavy (non-hydrogen) atoms. The summed E-state index contributed by atoms with van der Waals surface area (Å²) >= 11 is 0. The molecule has 0 aliphatic carbocycles. The molecule has 25 rings (SSSR count). The second-order valence-electron chi connectivity index (χ2n) is 32.7. The number of pyridine rings is 15. The van der Waals surface area contributed by atoms with Crippen LogP contribution in [0.15, 0.2) is 341 Å². The van der Waals surface area contributed by atoms with Crippen molar-refractivity contribution in [2.75, 3.05) is 0 Å². The fourth-order valence-corrected chi connectivity index (χ4v) is 17.2. The summed E-state index contributed by atoms with van der Waals surface area (Å²) in [6.07, 6.45) is 30.8. The second kappa shape index (κ2) is 35.3. The number of imidazole rings is 5. The van der Waals surface area contributed by atoms with Crippen LogP contribution >= 0.6 is 0 Å². The quantitative estimate of drug-likeness (QED) is 0.0933. The molecule has 0 atom stereocenters. The van der Waals surface area contributed by atoms with E-state index in [2.05, 4.69) is 339 Å². The first-order valence-corrected chi connectivity index (χ1v) is 43.8. The van der Waals surface area contributed by atoms with Crippen molar-refractivity contribution in [3.05, 3.63) is 421 Å². The molecule has 0 aliphatic heterocycles. The molecule has 5 aromatic carbocycles. The number of benzene rings is 5. The first kappa shape index (κ1) is 79.8. The fourth-order valence-electron chi connectivity index (χ4n) is 17.2. The van der Waals surface area contributed by atoms with Crippen molar-refractivity contribution in [1.29, 1.82) is 0 Å². The lowest BCUT2D eigenvalue weighted by Crippen LogP contribution is -1.98. The molecular formula is C109H88N20. The number of fused-ring (bicyclic) bond motifs is 20. The van der Waals surface area contributed by atoms with Crippen molar-refractivity contribution in [1.82, 2.24) is 96.8 Å². The van der Waals surface area contributed by atoms with Gasteiger partial charge in [-0.15, -0.1) is 0 Å². The molecule has 0 fully saturated rings. The van der Waals surface area contributed by atoms with Gasteiger partial charge in [-0.2, -0.15) is 0 Å². The molecule has 0 spiro atoms. The molecule has 0 amide bonds. The number of nitrogens with zero attached hydrogens (tertiary/aromatic N) is 20. The van der Waals surface area contributed by atoms with Crippen molar-refractivity contribution < 1.29 is 0 Å². The number of aromatic nitrogens is 20. The van der Waals surface area contributed by atoms with Gasteiger partial charge in [-0.25, -0.2) is 64.8 Å². The summed E-state index contributed by atoms with van der Waals surface area (Å²) in [6.45, 7) is 8.27. The highest BCUT2D eigenvalue weighted by Gasteiger charge is 2.17. The van der Waals surface area contributed by atoms with Gasteiger partial charge in [0.15, 0.2) is 22.6 Å². The van der Waals surface area contributed by atoms with Gasteiger partial charge < -0.3 is 22.0 Å². The maximum atomic E-state index is 4.95. The molecule has 624 valence electrons. The molecule has 20 heteroatoms. The van der Waals surface area contributed by atoms with Crippen LogP contribution in [0.25, 0.3) is 137 Å². The Bertz CT molecular complexity index is 8320. The van der Waals surface area contributed by atoms with Gasteiger partial charge in [0, 0.05) is 168 Å². The Kier molecular flexibility index (Phi) is 21.9. The van der Waals surface area contributed by atoms with Crippen LogP contribution in [0.4, 0.5) is 0 Å². The number of hydrogen-bond donors (Lipinski definition) is 0. The Hall–Kier alpha value is -16.4. The minimum atomic E-state index is 0.806. The normalized spacial score (nSPS) is 11.6. The van der Waals surface area contributed by atoms with Crippen LogP contribution in [0.5, 0.6) is 0 Å². The van der Waals surface area contributed by atoms with E-state index < -0.39 is 0 Å². The summed E-state index contributed by atoms with van der Waals surface area (Å²) in [5, 5.41) is 16.4. The molecule has 0 bridgehead atoms. The van der Waals surface area contributed by atoms with Gasteiger partial charge in [-0.3, -0.25) is 9.97 Å². The maximum Gasteiger partial charge on any atom is 0.159 e. The van der Waals surface area contributed by atoms with Crippen LogP contribution in [-0.4, -0.2) is 96.8 Å². The van der Waals surface area contributed by atoms with E-state index in [-0.39, 0.29) is 0 Å². The van der Waals surface area contributed by atoms with Crippen molar-refractivity contribution in [3.8, 4) is 0 Å². The monoisotopic (exact) mass is 1680 g/mol. The zero-order valence-corrected chi connectivity index (χ0v) is 71.8. The van der Waals surface area contributed by atoms with Gasteiger partial charge in [0.25, 0.3) is 0 Å². The second-order valence-corrected chi connectivity index (χ2v) is 32.7. The van der Waals surface area contributed by atoms with Crippen molar-refractivity contribution in [2.24, 2.45) is 0 Å². The lowest BCUT2D eigenvalue weighted by atomic mass is 10.1. The average Bonchev–Trinajstić information content (AvgIpc) is 1.63. The summed E-state index contributed by atoms with van der Waals surface area (Å²) in [5.74, 6) is 0. The van der Waals surface area contributed by atoms with Crippen LogP contribution in [0.1, 0.15) is 79.7 Å². The third kappa shape index (κ3) is 17.0. The van der Waals surface area contributed by atoms with Gasteiger partial charge in [0.2, 0.25) is 0 Å². The Morgan fingerprint density at radius 3 is 0.907 bits per heavy atom. The van der Waals surface area contributed by atoms with Crippen molar-refractivity contribution in [2.45, 2.75) is 91.9 Å². The van der Waals surface area contributed by atoms with Gasteiger partial charge in [-0.1, -0.05) is 121 Å². The summed E-state index contributed by atoms with van der Waals surface area (Å²) < 4.78 is 10.7. The van der Waals surface area contributed by atoms with Crippen LogP contribution in [0.2, 0.25) is 0 Å². The highest BCUT2D eigenvalue weighted by atomic mass is 15.0. The standard InChI is InChI=1S/C23H20N4.2C22H18N4.2C21H16N4/c1-15-7-8-18-9-10-19(25-22(18)24-15)11-12-21-16(2)27-14-13-17-5-3-4-6-20(17)23(27)26-21;1-15-20(11-10-18-9-8-17-6-4-13-23-21(17)24-18)25-22-19-7-3-2-5-16(19)12-14-26(15)22;1-15-6-7-17-8-9-18(24-21(17)23-15)10-11-19-14-26-13-12-16-4-2-3-5-20(16)22(26)25-19;1-2-6-19-15(4-1)11-13-25-14-18(24-21(19)25)10-9-17-8-7-16-5-3-12-22-20(16)23-17;1-2-5-18-15(4-1)11-13-25-14-17(24-21(18)25)8-7-16-9-10-19-20(23-16)6-3-12-22-19/h3-10,13-14H,11-12H2,1-2H3;2*2-9,12-14H,10-11H2,1H3;1-8,11-14H,9-10H2;1-6,9-14H,7-8H2. The molecule has 20 nitrogen and oxygen atoms in total. The molecule has 0 unspecified atom stereocenters. The van der Waals surface area contributed by atoms with E-state index in [9.17, 15) is 0 Å². The molecule has 0 radical (unpaired) electrons. The van der Waals surface area contributed by atoms with Crippen LogP contribution in [-0.2, 0) is 64.2 Å². The van der Waals surface area contributed by atoms with E-state index in [1.54, 1.807) is 18.6 Å². The highest BCUT2D eigenvalue weighted by Crippen LogP contribution is 2.29. The first-order valence-electron chi connectivity index (χ1n) is 43.8. The largest absolute Gasteiger partial charge is 0.306 e. The first-order chi connectivity index (χ1) is 63.5. The average molecular weight is 1680 g/mol. The Balaban J connectivity index is 0.0000000978. The third-order valence-electron chi connectivity index (χ3n) is 24.1. The predicted molar refractivity (Wildman–Crippen MR) is 517 cm³/mol. The van der Waals surface area contributed by atoms with Crippen molar-refractivity contribution >= 4 is 137 Å². The van der Waals surface area contributed by atoms with E-state index in [0.717, 1.165) is 216 Å². The van der Waals surface area contributed by atoms with Gasteiger partial charge in [0.05, 0.1) is 39.5 Å². The van der Waals surface area contributed by atoms with Crippen LogP contribution in [0.3, 0.4) is 0 Å². The van der Waals surface area contributed by atoms with E-state index in [0.29, 0.717) is 0 Å². The van der Waals surface area contributed by atoms with E-state index in [1.807, 2.05) is 68.4 Å². The van der Waals surface area contributed by atoms with Crippen LogP contribution < -0.4 is 0 Å². The highest BCUT2D eigenvalue weighted by molar-refractivity contribution is 5.98. The maximum absolute atomic E-state index is 4.95. The molecule has 0 saturated carbocycles. The van der Waals surface area contributed by atoms with Gasteiger partial charge in [-0.05, 0) is 270 Å². The SMILES string of the molecule is Cc1c(CCc2ccc3cccnc3n2)nc2c3ccccc3ccn12.Cc1ccc2ccc(CCc3cn4ccc5ccccc5c4n3)nc2n1.Cc1ccc2ccc(CCc3nc4c5ccccc5ccn4c3C)nc2n1.c1ccc2c(c1)ccn1cc(CCc3ccc4ncccc4n3)nc21.c1cnc2nc(CCc3cn4ccc5ccccc5c4n3)ccc2c1.